The molecule has 0 fully saturated rings. The molecule has 0 saturated heterocycles. The molecule has 0 aliphatic carbocycles. The van der Waals surface area contributed by atoms with Crippen LogP contribution in [0, 0.1) is 0 Å². The van der Waals surface area contributed by atoms with Gasteiger partial charge in [-0.15, -0.1) is 0 Å². The first-order valence-corrected chi connectivity index (χ1v) is 5.45. The molecular weight excluding hydrogens is 208 g/mol. The van der Waals surface area contributed by atoms with Crippen molar-refractivity contribution < 1.29 is 4.42 Å². The number of aromatic nitrogens is 1. The predicted octanol–water partition coefficient (Wildman–Crippen LogP) is 3.14. The number of nitrogen functional groups attached to an aromatic ring is 1. The highest BCUT2D eigenvalue weighted by molar-refractivity contribution is 7.08. The second-order valence-electron chi connectivity index (χ2n) is 3.24. The zero-order chi connectivity index (χ0) is 10.3. The van der Waals surface area contributed by atoms with E-state index >= 15 is 0 Å². The van der Waals surface area contributed by atoms with Crippen LogP contribution in [0.4, 0.5) is 5.69 Å². The number of benzene rings is 1. The Morgan fingerprint density at radius 1 is 1.27 bits per heavy atom. The Balaban J connectivity index is 2.32. The maximum absolute atomic E-state index is 6.03. The average molecular weight is 216 g/mol. The third-order valence-corrected chi connectivity index (χ3v) is 3.05. The van der Waals surface area contributed by atoms with Crippen molar-refractivity contribution in [2.45, 2.75) is 0 Å². The summed E-state index contributed by atoms with van der Waals surface area (Å²) in [6.45, 7) is 0. The second kappa shape index (κ2) is 3.10. The lowest BCUT2D eigenvalue weighted by atomic mass is 10.1. The van der Waals surface area contributed by atoms with Crippen molar-refractivity contribution in [1.82, 2.24) is 4.98 Å². The van der Waals surface area contributed by atoms with Crippen LogP contribution < -0.4 is 5.73 Å². The molecule has 0 aliphatic rings. The van der Waals surface area contributed by atoms with Crippen molar-refractivity contribution in [2.75, 3.05) is 5.73 Å². The number of nitrogens with two attached hydrogens (primary N) is 1. The van der Waals surface area contributed by atoms with Gasteiger partial charge in [-0.05, 0) is 34.5 Å². The SMILES string of the molecule is Nc1c(-c2ccsc2)ccc2ncoc12. The van der Waals surface area contributed by atoms with E-state index < -0.39 is 0 Å². The third kappa shape index (κ3) is 1.22. The quantitative estimate of drug-likeness (QED) is 0.636. The number of rotatable bonds is 1. The topological polar surface area (TPSA) is 52.0 Å². The number of thiophene rings is 1. The molecule has 3 nitrogen and oxygen atoms in total. The van der Waals surface area contributed by atoms with Crippen LogP contribution in [-0.2, 0) is 0 Å². The van der Waals surface area contributed by atoms with Crippen molar-refractivity contribution in [1.29, 1.82) is 0 Å². The van der Waals surface area contributed by atoms with E-state index in [-0.39, 0.29) is 0 Å². The first-order chi connectivity index (χ1) is 7.36. The zero-order valence-electron chi connectivity index (χ0n) is 7.81. The molecule has 1 aromatic carbocycles. The largest absolute Gasteiger partial charge is 0.441 e. The van der Waals surface area contributed by atoms with Gasteiger partial charge in [-0.1, -0.05) is 0 Å². The molecule has 2 aromatic heterocycles. The van der Waals surface area contributed by atoms with Gasteiger partial charge in [0.2, 0.25) is 0 Å². The van der Waals surface area contributed by atoms with Crippen molar-refractivity contribution in [3.63, 3.8) is 0 Å². The van der Waals surface area contributed by atoms with Crippen LogP contribution in [0.2, 0.25) is 0 Å². The summed E-state index contributed by atoms with van der Waals surface area (Å²) in [5.74, 6) is 0. The van der Waals surface area contributed by atoms with E-state index in [2.05, 4.69) is 10.4 Å². The lowest BCUT2D eigenvalue weighted by Gasteiger charge is -2.02. The number of hydrogen-bond acceptors (Lipinski definition) is 4. The van der Waals surface area contributed by atoms with E-state index in [9.17, 15) is 0 Å². The van der Waals surface area contributed by atoms with Gasteiger partial charge in [-0.2, -0.15) is 11.3 Å². The average Bonchev–Trinajstić information content (AvgIpc) is 2.87. The summed E-state index contributed by atoms with van der Waals surface area (Å²) in [5.41, 5.74) is 10.3. The normalized spacial score (nSPS) is 10.9. The van der Waals surface area contributed by atoms with Crippen molar-refractivity contribution in [3.05, 3.63) is 35.4 Å². The molecule has 15 heavy (non-hydrogen) atoms. The van der Waals surface area contributed by atoms with E-state index in [1.54, 1.807) is 11.3 Å². The van der Waals surface area contributed by atoms with Gasteiger partial charge in [0.1, 0.15) is 5.52 Å². The summed E-state index contributed by atoms with van der Waals surface area (Å²) in [7, 11) is 0. The van der Waals surface area contributed by atoms with Crippen LogP contribution in [0.25, 0.3) is 22.2 Å². The molecule has 0 radical (unpaired) electrons. The van der Waals surface area contributed by atoms with Crippen LogP contribution in [-0.4, -0.2) is 4.98 Å². The van der Waals surface area contributed by atoms with Gasteiger partial charge in [-0.25, -0.2) is 4.98 Å². The molecule has 3 aromatic rings. The van der Waals surface area contributed by atoms with E-state index in [0.717, 1.165) is 16.6 Å². The summed E-state index contributed by atoms with van der Waals surface area (Å²) in [4.78, 5) is 4.06. The Kier molecular flexibility index (Phi) is 1.76. The monoisotopic (exact) mass is 216 g/mol. The molecule has 0 atom stereocenters. The second-order valence-corrected chi connectivity index (χ2v) is 4.02. The highest BCUT2D eigenvalue weighted by Crippen LogP contribution is 2.32. The van der Waals surface area contributed by atoms with E-state index in [1.807, 2.05) is 23.6 Å². The molecule has 3 rings (SSSR count). The standard InChI is InChI=1S/C11H8N2OS/c12-10-8(7-3-4-15-5-7)1-2-9-11(10)14-6-13-9/h1-6H,12H2. The molecule has 2 N–H and O–H groups in total. The molecule has 0 spiro atoms. The van der Waals surface area contributed by atoms with Crippen molar-refractivity contribution in [2.24, 2.45) is 0 Å². The number of nitrogens with zero attached hydrogens (tertiary/aromatic N) is 1. The highest BCUT2D eigenvalue weighted by atomic mass is 32.1. The van der Waals surface area contributed by atoms with Crippen LogP contribution >= 0.6 is 11.3 Å². The fourth-order valence-corrected chi connectivity index (χ4v) is 2.27. The van der Waals surface area contributed by atoms with Crippen LogP contribution in [0.3, 0.4) is 0 Å². The molecule has 0 aliphatic heterocycles. The molecular formula is C11H8N2OS. The van der Waals surface area contributed by atoms with Gasteiger partial charge >= 0.3 is 0 Å². The van der Waals surface area contributed by atoms with Crippen LogP contribution in [0.1, 0.15) is 0 Å². The zero-order valence-corrected chi connectivity index (χ0v) is 8.62. The number of hydrogen-bond donors (Lipinski definition) is 1. The Bertz CT molecular complexity index is 598. The Morgan fingerprint density at radius 2 is 2.20 bits per heavy atom. The lowest BCUT2D eigenvalue weighted by Crippen LogP contribution is -1.89. The van der Waals surface area contributed by atoms with Crippen LogP contribution in [0.15, 0.2) is 39.8 Å². The van der Waals surface area contributed by atoms with Crippen molar-refractivity contribution in [3.8, 4) is 11.1 Å². The van der Waals surface area contributed by atoms with Gasteiger partial charge < -0.3 is 10.2 Å². The minimum absolute atomic E-state index is 0.656. The summed E-state index contributed by atoms with van der Waals surface area (Å²) in [6.07, 6.45) is 1.42. The molecule has 4 heteroatoms. The van der Waals surface area contributed by atoms with Crippen LogP contribution in [0.5, 0.6) is 0 Å². The fourth-order valence-electron chi connectivity index (χ4n) is 1.62. The maximum Gasteiger partial charge on any atom is 0.182 e. The first kappa shape index (κ1) is 8.49. The molecule has 0 unspecified atom stereocenters. The molecule has 0 bridgehead atoms. The van der Waals surface area contributed by atoms with E-state index in [4.69, 9.17) is 10.2 Å². The number of anilines is 1. The molecule has 2 heterocycles. The molecule has 0 saturated carbocycles. The minimum Gasteiger partial charge on any atom is -0.441 e. The first-order valence-electron chi connectivity index (χ1n) is 4.50. The van der Waals surface area contributed by atoms with E-state index in [1.165, 1.54) is 6.39 Å². The summed E-state index contributed by atoms with van der Waals surface area (Å²) < 4.78 is 5.25. The Morgan fingerprint density at radius 3 is 3.00 bits per heavy atom. The van der Waals surface area contributed by atoms with E-state index in [0.29, 0.717) is 11.3 Å². The number of oxazole rings is 1. The molecule has 74 valence electrons. The summed E-state index contributed by atoms with van der Waals surface area (Å²) >= 11 is 1.65. The molecule has 0 amide bonds. The predicted molar refractivity (Wildman–Crippen MR) is 61.7 cm³/mol. The van der Waals surface area contributed by atoms with Crippen molar-refractivity contribution >= 4 is 28.1 Å². The van der Waals surface area contributed by atoms with Gasteiger partial charge in [0, 0.05) is 5.56 Å². The van der Waals surface area contributed by atoms with Gasteiger partial charge in [0.15, 0.2) is 12.0 Å². The third-order valence-electron chi connectivity index (χ3n) is 2.37. The number of fused-ring (bicyclic) bond motifs is 1. The fraction of sp³-hybridized carbons (Fsp3) is 0. The highest BCUT2D eigenvalue weighted by Gasteiger charge is 2.09. The van der Waals surface area contributed by atoms with Gasteiger partial charge in [0.25, 0.3) is 0 Å². The minimum atomic E-state index is 0.656. The Hall–Kier alpha value is -1.81. The maximum atomic E-state index is 6.03. The van der Waals surface area contributed by atoms with Gasteiger partial charge in [-0.3, -0.25) is 0 Å². The smallest absolute Gasteiger partial charge is 0.182 e. The summed E-state index contributed by atoms with van der Waals surface area (Å²) in [6, 6.07) is 5.93. The lowest BCUT2D eigenvalue weighted by molar-refractivity contribution is 0.603. The Labute approximate surface area is 90.2 Å². The van der Waals surface area contributed by atoms with Gasteiger partial charge in [0.05, 0.1) is 5.69 Å². The summed E-state index contributed by atoms with van der Waals surface area (Å²) in [5, 5.41) is 4.09.